The maximum absolute atomic E-state index is 2.64. The number of thiophene rings is 2. The Labute approximate surface area is 352 Å². The van der Waals surface area contributed by atoms with Crippen LogP contribution in [0.5, 0.6) is 0 Å². The fourth-order valence-corrected chi connectivity index (χ4v) is 21.1. The van der Waals surface area contributed by atoms with Crippen LogP contribution in [0.15, 0.2) is 30.3 Å². The van der Waals surface area contributed by atoms with Crippen LogP contribution in [0.4, 0.5) is 0 Å². The Morgan fingerprint density at radius 3 is 1.04 bits per heavy atom. The molecule has 0 unspecified atom stereocenters. The SMILES string of the molecule is CCCCCCCCCCCCCCc1cc(C=C2c3c[c]([Sn]([CH3])([CH3])[CH3])sc3-c3s[c]([Sn]([CH3])([CH3])[CH3])cc32)cc(CCCCCCCCCCCCCC)c1. The third-order valence-electron chi connectivity index (χ3n) is 11.8. The topological polar surface area (TPSA) is 0 Å². The Kier molecular flexibility index (Phi) is 21.4. The molecule has 2 aromatic heterocycles. The molecule has 0 spiro atoms. The minimum absolute atomic E-state index is 1.23. The van der Waals surface area contributed by atoms with Gasteiger partial charge in [0.25, 0.3) is 0 Å². The Morgan fingerprint density at radius 2 is 0.722 bits per heavy atom. The van der Waals surface area contributed by atoms with Gasteiger partial charge >= 0.3 is 226 Å². The molecule has 0 N–H and O–H groups in total. The summed E-state index contributed by atoms with van der Waals surface area (Å²) in [5.74, 6) is 0. The monoisotopic (exact) mass is 986 g/mol. The first kappa shape index (κ1) is 46.6. The third kappa shape index (κ3) is 16.0. The number of rotatable bonds is 29. The number of hydrogen-bond donors (Lipinski definition) is 0. The van der Waals surface area contributed by atoms with Crippen molar-refractivity contribution in [1.29, 1.82) is 0 Å². The average molecular weight is 985 g/mol. The predicted molar refractivity (Wildman–Crippen MR) is 257 cm³/mol. The van der Waals surface area contributed by atoms with Gasteiger partial charge < -0.3 is 0 Å². The Balaban J connectivity index is 1.40. The van der Waals surface area contributed by atoms with Gasteiger partial charge in [-0.15, -0.1) is 0 Å². The molecule has 54 heavy (non-hydrogen) atoms. The van der Waals surface area contributed by atoms with Crippen molar-refractivity contribution in [3.63, 3.8) is 0 Å². The van der Waals surface area contributed by atoms with E-state index in [1.54, 1.807) is 37.8 Å². The van der Waals surface area contributed by atoms with E-state index in [1.165, 1.54) is 178 Å². The molecule has 0 saturated carbocycles. The molecule has 1 aliphatic rings. The summed E-state index contributed by atoms with van der Waals surface area (Å²) in [6.45, 7) is 4.63. The maximum atomic E-state index is 2.64. The van der Waals surface area contributed by atoms with Gasteiger partial charge in [0.05, 0.1) is 0 Å². The average Bonchev–Trinajstić information content (AvgIpc) is 3.83. The van der Waals surface area contributed by atoms with E-state index in [-0.39, 0.29) is 0 Å². The molecule has 1 aliphatic carbocycles. The van der Waals surface area contributed by atoms with E-state index in [0.717, 1.165) is 0 Å². The molecule has 302 valence electrons. The van der Waals surface area contributed by atoms with Crippen molar-refractivity contribution in [2.24, 2.45) is 0 Å². The summed E-state index contributed by atoms with van der Waals surface area (Å²) < 4.78 is 3.46. The fraction of sp³-hybridized carbons (Fsp3) is 0.680. The molecule has 0 aliphatic heterocycles. The zero-order chi connectivity index (χ0) is 38.8. The van der Waals surface area contributed by atoms with Crippen LogP contribution in [-0.4, -0.2) is 36.8 Å². The first-order chi connectivity index (χ1) is 26.0. The summed E-state index contributed by atoms with van der Waals surface area (Å²) in [5.41, 5.74) is 9.23. The van der Waals surface area contributed by atoms with Gasteiger partial charge in [0.15, 0.2) is 0 Å². The Bertz CT molecular complexity index is 1420. The van der Waals surface area contributed by atoms with Gasteiger partial charge in [0.1, 0.15) is 0 Å². The van der Waals surface area contributed by atoms with Gasteiger partial charge in [-0.2, -0.15) is 0 Å². The van der Waals surface area contributed by atoms with E-state index in [2.05, 4.69) is 103 Å². The molecular formula is C50H82S2Sn2. The molecule has 2 heterocycles. The van der Waals surface area contributed by atoms with Gasteiger partial charge in [0, 0.05) is 0 Å². The number of benzene rings is 1. The number of hydrogen-bond acceptors (Lipinski definition) is 2. The molecule has 0 bridgehead atoms. The molecule has 0 radical (unpaired) electrons. The predicted octanol–water partition coefficient (Wildman–Crippen LogP) is 17.0. The number of fused-ring (bicyclic) bond motifs is 3. The molecule has 0 nitrogen and oxygen atoms in total. The van der Waals surface area contributed by atoms with Crippen LogP contribution in [0.2, 0.25) is 29.6 Å². The fourth-order valence-electron chi connectivity index (χ4n) is 8.23. The van der Waals surface area contributed by atoms with Gasteiger partial charge in [-0.1, -0.05) is 129 Å². The van der Waals surface area contributed by atoms with Crippen LogP contribution in [-0.2, 0) is 12.8 Å². The zero-order valence-electron chi connectivity index (χ0n) is 36.7. The van der Waals surface area contributed by atoms with Crippen LogP contribution in [0.25, 0.3) is 21.4 Å². The second-order valence-electron chi connectivity index (χ2n) is 19.1. The Hall–Kier alpha value is -0.0426. The van der Waals surface area contributed by atoms with Crippen molar-refractivity contribution < 1.29 is 0 Å². The minimum atomic E-state index is -2.19. The van der Waals surface area contributed by atoms with Crippen molar-refractivity contribution in [3.05, 3.63) is 58.1 Å². The van der Waals surface area contributed by atoms with Crippen molar-refractivity contribution in [3.8, 4) is 9.75 Å². The molecule has 4 rings (SSSR count). The first-order valence-electron chi connectivity index (χ1n) is 23.2. The normalized spacial score (nSPS) is 12.9. The van der Waals surface area contributed by atoms with E-state index in [4.69, 9.17) is 0 Å². The van der Waals surface area contributed by atoms with Crippen LogP contribution in [0.3, 0.4) is 0 Å². The second-order valence-corrected chi connectivity index (χ2v) is 52.1. The first-order valence-corrected chi connectivity index (χ1v) is 44.8. The number of unbranched alkanes of at least 4 members (excludes halogenated alkanes) is 22. The summed E-state index contributed by atoms with van der Waals surface area (Å²) in [5, 5.41) is 0. The second kappa shape index (κ2) is 24.8. The zero-order valence-corrected chi connectivity index (χ0v) is 44.0. The quantitative estimate of drug-likeness (QED) is 0.0376. The van der Waals surface area contributed by atoms with E-state index < -0.39 is 36.8 Å². The summed E-state index contributed by atoms with van der Waals surface area (Å²) in [6.07, 6.45) is 39.2. The molecule has 1 aromatic carbocycles. The van der Waals surface area contributed by atoms with Crippen LogP contribution in [0.1, 0.15) is 196 Å². The number of aryl methyl sites for hydroxylation is 2. The summed E-state index contributed by atoms with van der Waals surface area (Å²) in [4.78, 5) is 18.7. The van der Waals surface area contributed by atoms with Gasteiger partial charge in [-0.05, 0) is 0 Å². The van der Waals surface area contributed by atoms with Crippen LogP contribution < -0.4 is 5.79 Å². The van der Waals surface area contributed by atoms with Crippen molar-refractivity contribution in [1.82, 2.24) is 0 Å². The van der Waals surface area contributed by atoms with Crippen LogP contribution >= 0.6 is 22.7 Å². The van der Waals surface area contributed by atoms with E-state index in [1.807, 2.05) is 0 Å². The van der Waals surface area contributed by atoms with Crippen molar-refractivity contribution >= 4 is 76.9 Å². The molecule has 0 saturated heterocycles. The van der Waals surface area contributed by atoms with Gasteiger partial charge in [-0.3, -0.25) is 0 Å². The third-order valence-corrected chi connectivity index (χ3v) is 33.0. The molecule has 0 atom stereocenters. The molecule has 4 heteroatoms. The van der Waals surface area contributed by atoms with Crippen LogP contribution in [0, 0.1) is 0 Å². The standard InChI is InChI=1S/C44H64S2.6CH3.2Sn/c1-3-5-7-9-11-13-15-17-19-21-23-25-27-37-33-38(28-26-24-22-20-18-16-14-12-10-8-6-4-2)35-39(34-37)36-42-40-29-31-45-43(40)44-41(42)30-32-46-44;;;;;;;;/h29-30,33-36H,3-28H2,1-2H3;6*1H3;;. The van der Waals surface area contributed by atoms with Crippen molar-refractivity contribution in [2.75, 3.05) is 0 Å². The van der Waals surface area contributed by atoms with Gasteiger partial charge in [0.2, 0.25) is 0 Å². The van der Waals surface area contributed by atoms with E-state index >= 15 is 0 Å². The van der Waals surface area contributed by atoms with E-state index in [9.17, 15) is 0 Å². The Morgan fingerprint density at radius 1 is 0.407 bits per heavy atom. The van der Waals surface area contributed by atoms with E-state index in [0.29, 0.717) is 0 Å². The van der Waals surface area contributed by atoms with Crippen molar-refractivity contribution in [2.45, 2.75) is 210 Å². The molecule has 0 fully saturated rings. The van der Waals surface area contributed by atoms with Gasteiger partial charge in [-0.25, -0.2) is 0 Å². The molecule has 3 aromatic rings. The summed E-state index contributed by atoms with van der Waals surface area (Å²) in [7, 11) is 0. The summed E-state index contributed by atoms with van der Waals surface area (Å²) >= 11 is -0.0643. The molecular weight excluding hydrogens is 902 g/mol. The molecule has 0 amide bonds. The summed E-state index contributed by atoms with van der Waals surface area (Å²) in [6, 6.07) is 13.0.